The molecule has 1 unspecified atom stereocenters. The minimum atomic E-state index is -1.03. The molecule has 242 valence electrons. The number of anilines is 1. The van der Waals surface area contributed by atoms with E-state index in [2.05, 4.69) is 10.2 Å². The molecular formula is C37H30FN3O5S2. The molecule has 1 aromatic heterocycles. The van der Waals surface area contributed by atoms with Crippen molar-refractivity contribution in [3.63, 3.8) is 0 Å². The van der Waals surface area contributed by atoms with Crippen LogP contribution in [0.25, 0.3) is 6.08 Å². The van der Waals surface area contributed by atoms with Crippen molar-refractivity contribution in [2.45, 2.75) is 29.7 Å². The van der Waals surface area contributed by atoms with Crippen LogP contribution in [0.3, 0.4) is 0 Å². The molecule has 1 aliphatic heterocycles. The van der Waals surface area contributed by atoms with E-state index in [4.69, 9.17) is 9.47 Å². The zero-order valence-electron chi connectivity index (χ0n) is 25.8. The van der Waals surface area contributed by atoms with E-state index in [0.29, 0.717) is 40.4 Å². The number of aliphatic hydroxyl groups is 1. The van der Waals surface area contributed by atoms with Gasteiger partial charge in [-0.3, -0.25) is 14.5 Å². The summed E-state index contributed by atoms with van der Waals surface area (Å²) in [5.41, 5.74) is 3.07. The first kappa shape index (κ1) is 32.7. The lowest BCUT2D eigenvalue weighted by Gasteiger charge is -2.24. The Bertz CT molecular complexity index is 1960. The number of rotatable bonds is 13. The maximum absolute atomic E-state index is 13.8. The van der Waals surface area contributed by atoms with Gasteiger partial charge in [0.15, 0.2) is 27.4 Å². The van der Waals surface area contributed by atoms with Gasteiger partial charge in [-0.15, -0.1) is 10.2 Å². The van der Waals surface area contributed by atoms with Gasteiger partial charge in [-0.1, -0.05) is 108 Å². The first-order chi connectivity index (χ1) is 23.4. The van der Waals surface area contributed by atoms with E-state index in [0.717, 1.165) is 28.0 Å². The van der Waals surface area contributed by atoms with E-state index in [1.807, 2.05) is 67.6 Å². The van der Waals surface area contributed by atoms with Crippen LogP contribution in [0, 0.1) is 5.82 Å². The zero-order chi connectivity index (χ0) is 33.5. The van der Waals surface area contributed by atoms with Crippen LogP contribution >= 0.6 is 23.1 Å². The molecule has 1 N–H and O–H groups in total. The summed E-state index contributed by atoms with van der Waals surface area (Å²) in [5, 5.41) is 20.0. The molecule has 0 aliphatic carbocycles. The average Bonchev–Trinajstić information content (AvgIpc) is 3.69. The molecule has 0 saturated carbocycles. The number of thioether (sulfide) groups is 1. The molecule has 1 atom stereocenters. The van der Waals surface area contributed by atoms with E-state index >= 15 is 0 Å². The Balaban J connectivity index is 1.34. The highest BCUT2D eigenvalue weighted by molar-refractivity contribution is 8.00. The number of carbonyl (C=O) groups excluding carboxylic acids is 2. The van der Waals surface area contributed by atoms with Crippen molar-refractivity contribution >= 4 is 46.0 Å². The van der Waals surface area contributed by atoms with Crippen LogP contribution < -0.4 is 14.4 Å². The Morgan fingerprint density at radius 2 is 1.67 bits per heavy atom. The van der Waals surface area contributed by atoms with Crippen molar-refractivity contribution in [2.75, 3.05) is 11.5 Å². The number of amides is 1. The van der Waals surface area contributed by atoms with Crippen molar-refractivity contribution in [1.82, 2.24) is 10.2 Å². The maximum atomic E-state index is 13.8. The van der Waals surface area contributed by atoms with Crippen molar-refractivity contribution in [2.24, 2.45) is 0 Å². The fraction of sp³-hybridized carbons (Fsp3) is 0.135. The molecule has 5 aromatic rings. The Kier molecular flexibility index (Phi) is 10.3. The summed E-state index contributed by atoms with van der Waals surface area (Å²) in [5.74, 6) is -0.878. The topological polar surface area (TPSA) is 102 Å². The summed E-state index contributed by atoms with van der Waals surface area (Å²) in [6.07, 6.45) is 2.98. The van der Waals surface area contributed by atoms with Crippen LogP contribution in [0.5, 0.6) is 11.5 Å². The van der Waals surface area contributed by atoms with Gasteiger partial charge in [0.1, 0.15) is 12.4 Å². The van der Waals surface area contributed by atoms with Gasteiger partial charge < -0.3 is 14.6 Å². The molecule has 11 heteroatoms. The number of hydrogen-bond acceptors (Lipinski definition) is 9. The molecule has 48 heavy (non-hydrogen) atoms. The third kappa shape index (κ3) is 7.48. The fourth-order valence-electron chi connectivity index (χ4n) is 5.10. The van der Waals surface area contributed by atoms with Gasteiger partial charge in [-0.05, 0) is 59.5 Å². The Morgan fingerprint density at radius 3 is 2.40 bits per heavy atom. The Labute approximate surface area is 285 Å². The van der Waals surface area contributed by atoms with E-state index in [1.165, 1.54) is 34.9 Å². The third-order valence-electron chi connectivity index (χ3n) is 7.40. The van der Waals surface area contributed by atoms with Crippen LogP contribution in [-0.4, -0.2) is 33.6 Å². The number of hydrogen-bond donors (Lipinski definition) is 1. The van der Waals surface area contributed by atoms with Crippen LogP contribution in [-0.2, 0) is 21.9 Å². The lowest BCUT2D eigenvalue weighted by atomic mass is 9.95. The number of benzene rings is 4. The number of nitrogens with zero attached hydrogens (tertiary/aromatic N) is 3. The molecule has 0 fully saturated rings. The lowest BCUT2D eigenvalue weighted by Crippen LogP contribution is -2.31. The summed E-state index contributed by atoms with van der Waals surface area (Å²) in [6.45, 7) is 2.50. The highest BCUT2D eigenvalue weighted by atomic mass is 32.2. The summed E-state index contributed by atoms with van der Waals surface area (Å²) in [4.78, 5) is 28.8. The van der Waals surface area contributed by atoms with Crippen LogP contribution in [0.4, 0.5) is 9.52 Å². The SMILES string of the molecule is CCOc1cc(C2C(C(=O)/C=C/c3ccccc3)=C(O)C(=O)N2c2nnc(SCc3ccc(F)cc3)s2)ccc1OCc1ccccc1. The number of carbonyl (C=O) groups is 2. The normalized spacial score (nSPS) is 14.6. The minimum absolute atomic E-state index is 0.0942. The van der Waals surface area contributed by atoms with Crippen molar-refractivity contribution in [3.05, 3.63) is 149 Å². The van der Waals surface area contributed by atoms with E-state index in [1.54, 1.807) is 36.4 Å². The van der Waals surface area contributed by atoms with Crippen LogP contribution in [0.15, 0.2) is 125 Å². The number of aliphatic hydroxyl groups excluding tert-OH is 1. The van der Waals surface area contributed by atoms with Gasteiger partial charge in [-0.2, -0.15) is 0 Å². The molecule has 2 heterocycles. The van der Waals surface area contributed by atoms with Crippen molar-refractivity contribution in [3.8, 4) is 11.5 Å². The summed E-state index contributed by atoms with van der Waals surface area (Å²) < 4.78 is 26.0. The largest absolute Gasteiger partial charge is 0.503 e. The lowest BCUT2D eigenvalue weighted by molar-refractivity contribution is -0.117. The number of aromatic nitrogens is 2. The van der Waals surface area contributed by atoms with E-state index < -0.39 is 23.5 Å². The summed E-state index contributed by atoms with van der Waals surface area (Å²) in [7, 11) is 0. The highest BCUT2D eigenvalue weighted by Gasteiger charge is 2.45. The monoisotopic (exact) mass is 679 g/mol. The molecule has 1 amide bonds. The second-order valence-electron chi connectivity index (χ2n) is 10.6. The van der Waals surface area contributed by atoms with Gasteiger partial charge in [0.2, 0.25) is 5.13 Å². The van der Waals surface area contributed by atoms with Gasteiger partial charge in [0.25, 0.3) is 5.91 Å². The van der Waals surface area contributed by atoms with Crippen molar-refractivity contribution in [1.29, 1.82) is 0 Å². The minimum Gasteiger partial charge on any atom is -0.503 e. The number of ether oxygens (including phenoxy) is 2. The molecule has 4 aromatic carbocycles. The van der Waals surface area contributed by atoms with E-state index in [-0.39, 0.29) is 16.5 Å². The molecular weight excluding hydrogens is 650 g/mol. The van der Waals surface area contributed by atoms with Crippen molar-refractivity contribution < 1.29 is 28.6 Å². The predicted molar refractivity (Wildman–Crippen MR) is 185 cm³/mol. The maximum Gasteiger partial charge on any atom is 0.296 e. The number of ketones is 1. The molecule has 8 nitrogen and oxygen atoms in total. The Morgan fingerprint density at radius 1 is 0.938 bits per heavy atom. The number of halogens is 1. The quantitative estimate of drug-likeness (QED) is 0.0757. The van der Waals surface area contributed by atoms with Gasteiger partial charge >= 0.3 is 0 Å². The predicted octanol–water partition coefficient (Wildman–Crippen LogP) is 8.13. The second kappa shape index (κ2) is 15.1. The van der Waals surface area contributed by atoms with Crippen LogP contribution in [0.2, 0.25) is 0 Å². The number of allylic oxidation sites excluding steroid dienone is 1. The van der Waals surface area contributed by atoms with Gasteiger partial charge in [0.05, 0.1) is 18.2 Å². The average molecular weight is 680 g/mol. The smallest absolute Gasteiger partial charge is 0.296 e. The summed E-state index contributed by atoms with van der Waals surface area (Å²) in [6, 6.07) is 29.3. The molecule has 0 radical (unpaired) electrons. The first-order valence-electron chi connectivity index (χ1n) is 15.1. The molecule has 6 rings (SSSR count). The third-order valence-corrected chi connectivity index (χ3v) is 9.53. The fourth-order valence-corrected chi connectivity index (χ4v) is 6.92. The first-order valence-corrected chi connectivity index (χ1v) is 16.9. The molecule has 0 saturated heterocycles. The Hall–Kier alpha value is -5.26. The van der Waals surface area contributed by atoms with E-state index in [9.17, 15) is 19.1 Å². The van der Waals surface area contributed by atoms with Crippen LogP contribution in [0.1, 0.15) is 35.2 Å². The second-order valence-corrected chi connectivity index (χ2v) is 12.8. The zero-order valence-corrected chi connectivity index (χ0v) is 27.4. The molecule has 0 spiro atoms. The molecule has 0 bridgehead atoms. The molecule has 1 aliphatic rings. The standard InChI is InChI=1S/C37H30FN3O5S2/c1-2-45-31-21-27(16-20-30(31)46-22-25-11-7-4-8-12-25)33-32(29(42)19-15-24-9-5-3-6-10-24)34(43)35(44)41(33)36-39-40-37(48-36)47-23-26-13-17-28(38)18-14-26/h3-21,33,43H,2,22-23H2,1H3/b19-15+. The highest BCUT2D eigenvalue weighted by Crippen LogP contribution is 2.45. The summed E-state index contributed by atoms with van der Waals surface area (Å²) >= 11 is 2.53. The van der Waals surface area contributed by atoms with Gasteiger partial charge in [0, 0.05) is 5.75 Å². The van der Waals surface area contributed by atoms with Gasteiger partial charge in [-0.25, -0.2) is 4.39 Å².